The average Bonchev–Trinajstić information content (AvgIpc) is 2.91. The highest BCUT2D eigenvalue weighted by molar-refractivity contribution is 6.00. The highest BCUT2D eigenvalue weighted by Crippen LogP contribution is 2.70. The molecule has 8 rings (SSSR count). The van der Waals surface area contributed by atoms with E-state index in [2.05, 4.69) is 0 Å². The molecule has 0 spiro atoms. The minimum atomic E-state index is 0.857. The second-order valence-electron chi connectivity index (χ2n) is 7.09. The summed E-state index contributed by atoms with van der Waals surface area (Å²) in [6, 6.07) is 0. The van der Waals surface area contributed by atoms with Crippen LogP contribution in [0.3, 0.4) is 0 Å². The van der Waals surface area contributed by atoms with Crippen LogP contribution in [0.15, 0.2) is 10.2 Å². The van der Waals surface area contributed by atoms with Gasteiger partial charge in [0.05, 0.1) is 0 Å². The summed E-state index contributed by atoms with van der Waals surface area (Å²) in [6.07, 6.45) is 5.82. The first-order valence-electron chi connectivity index (χ1n) is 7.07. The molecule has 8 bridgehead atoms. The van der Waals surface area contributed by atoms with Gasteiger partial charge in [0.15, 0.2) is 0 Å². The summed E-state index contributed by atoms with van der Waals surface area (Å²) in [6.45, 7) is 0. The average molecular weight is 212 g/mol. The van der Waals surface area contributed by atoms with Gasteiger partial charge in [-0.15, -0.1) is 0 Å². The largest absolute Gasteiger partial charge is 0.160 e. The Morgan fingerprint density at radius 1 is 0.625 bits per heavy atom. The van der Waals surface area contributed by atoms with Crippen LogP contribution in [0.5, 0.6) is 0 Å². The van der Waals surface area contributed by atoms with Gasteiger partial charge >= 0.3 is 0 Å². The minimum Gasteiger partial charge on any atom is -0.160 e. The number of rotatable bonds is 1. The van der Waals surface area contributed by atoms with Crippen LogP contribution in [0.1, 0.15) is 25.7 Å². The SMILES string of the molecule is C1C2CC3C1C3C2=N/N=C1/C2CC3C(C2)C13. The molecule has 0 aromatic rings. The molecular formula is C14H16N2. The molecule has 2 nitrogen and oxygen atoms in total. The minimum absolute atomic E-state index is 0.857. The van der Waals surface area contributed by atoms with E-state index in [0.717, 1.165) is 47.3 Å². The predicted octanol–water partition coefficient (Wildman–Crippen LogP) is 2.36. The molecule has 0 saturated heterocycles. The second kappa shape index (κ2) is 2.04. The van der Waals surface area contributed by atoms with Crippen molar-refractivity contribution in [2.45, 2.75) is 25.7 Å². The lowest BCUT2D eigenvalue weighted by molar-refractivity contribution is 0.688. The zero-order valence-electron chi connectivity index (χ0n) is 9.34. The Morgan fingerprint density at radius 3 is 1.25 bits per heavy atom. The first kappa shape index (κ1) is 7.62. The summed E-state index contributed by atoms with van der Waals surface area (Å²) >= 11 is 0. The second-order valence-corrected chi connectivity index (χ2v) is 7.09. The summed E-state index contributed by atoms with van der Waals surface area (Å²) in [4.78, 5) is 0. The molecule has 0 heterocycles. The van der Waals surface area contributed by atoms with Crippen LogP contribution in [-0.2, 0) is 0 Å². The molecule has 8 aliphatic carbocycles. The van der Waals surface area contributed by atoms with Gasteiger partial charge < -0.3 is 0 Å². The molecule has 8 aliphatic rings. The van der Waals surface area contributed by atoms with Crippen molar-refractivity contribution in [3.63, 3.8) is 0 Å². The van der Waals surface area contributed by atoms with Crippen LogP contribution in [0.2, 0.25) is 0 Å². The van der Waals surface area contributed by atoms with Crippen LogP contribution in [0.25, 0.3) is 0 Å². The van der Waals surface area contributed by atoms with Crippen LogP contribution in [-0.4, -0.2) is 11.4 Å². The maximum absolute atomic E-state index is 4.71. The highest BCUT2D eigenvalue weighted by Gasteiger charge is 2.68. The molecule has 4 atom stereocenters. The monoisotopic (exact) mass is 212 g/mol. The van der Waals surface area contributed by atoms with Crippen LogP contribution in [0.4, 0.5) is 0 Å². The van der Waals surface area contributed by atoms with Gasteiger partial charge in [0, 0.05) is 35.1 Å². The van der Waals surface area contributed by atoms with Gasteiger partial charge in [-0.3, -0.25) is 0 Å². The summed E-state index contributed by atoms with van der Waals surface area (Å²) < 4.78 is 0. The van der Waals surface area contributed by atoms with Crippen molar-refractivity contribution in [1.29, 1.82) is 0 Å². The lowest BCUT2D eigenvalue weighted by Gasteiger charge is -2.02. The van der Waals surface area contributed by atoms with E-state index in [1.54, 1.807) is 0 Å². The van der Waals surface area contributed by atoms with Gasteiger partial charge in [-0.2, -0.15) is 10.2 Å². The van der Waals surface area contributed by atoms with Crippen LogP contribution < -0.4 is 0 Å². The van der Waals surface area contributed by atoms with Gasteiger partial charge in [0.25, 0.3) is 0 Å². The number of hydrogen-bond donors (Lipinski definition) is 0. The van der Waals surface area contributed by atoms with Crippen molar-refractivity contribution >= 4 is 11.4 Å². The Balaban J connectivity index is 1.39. The summed E-state index contributed by atoms with van der Waals surface area (Å²) in [5.74, 6) is 7.72. The first-order valence-corrected chi connectivity index (χ1v) is 7.07. The third-order valence-electron chi connectivity index (χ3n) is 6.69. The molecule has 4 unspecified atom stereocenters. The Hall–Kier alpha value is -0.660. The predicted molar refractivity (Wildman–Crippen MR) is 61.3 cm³/mol. The van der Waals surface area contributed by atoms with Gasteiger partial charge in [-0.25, -0.2) is 0 Å². The molecule has 8 fully saturated rings. The molecule has 0 N–H and O–H groups in total. The zero-order chi connectivity index (χ0) is 10.0. The lowest BCUT2D eigenvalue weighted by atomic mass is 10.1. The van der Waals surface area contributed by atoms with Crippen LogP contribution in [0, 0.1) is 47.3 Å². The van der Waals surface area contributed by atoms with Crippen molar-refractivity contribution in [1.82, 2.24) is 0 Å². The van der Waals surface area contributed by atoms with E-state index >= 15 is 0 Å². The van der Waals surface area contributed by atoms with Crippen molar-refractivity contribution in [3.8, 4) is 0 Å². The molecule has 0 aliphatic heterocycles. The maximum atomic E-state index is 4.71. The lowest BCUT2D eigenvalue weighted by Crippen LogP contribution is -2.05. The van der Waals surface area contributed by atoms with E-state index in [0.29, 0.717) is 0 Å². The Morgan fingerprint density at radius 2 is 1.00 bits per heavy atom. The number of hydrogen-bond acceptors (Lipinski definition) is 2. The van der Waals surface area contributed by atoms with Gasteiger partial charge in [0.2, 0.25) is 0 Å². The van der Waals surface area contributed by atoms with Gasteiger partial charge in [0.1, 0.15) is 0 Å². The fourth-order valence-electron chi connectivity index (χ4n) is 6.00. The molecule has 2 heteroatoms. The Bertz CT molecular complexity index is 401. The van der Waals surface area contributed by atoms with Crippen LogP contribution >= 0.6 is 0 Å². The smallest absolute Gasteiger partial charge is 0.0473 e. The molecule has 82 valence electrons. The van der Waals surface area contributed by atoms with E-state index in [9.17, 15) is 0 Å². The van der Waals surface area contributed by atoms with Gasteiger partial charge in [-0.05, 0) is 49.4 Å². The van der Waals surface area contributed by atoms with Gasteiger partial charge in [-0.1, -0.05) is 0 Å². The molecule has 16 heavy (non-hydrogen) atoms. The summed E-state index contributed by atoms with van der Waals surface area (Å²) in [5.41, 5.74) is 3.03. The van der Waals surface area contributed by atoms with Crippen molar-refractivity contribution < 1.29 is 0 Å². The Kier molecular flexibility index (Phi) is 0.974. The van der Waals surface area contributed by atoms with Crippen molar-refractivity contribution in [2.75, 3.05) is 0 Å². The standard InChI is InChI=1S/C14H16N2/c1-5-2-8-7(1)11(8)13(5)15-16-14-6-3-9-10(4-6)12(9)14/h5-12H,1-4H2/b15-13-,16-14?. The van der Waals surface area contributed by atoms with Crippen molar-refractivity contribution in [2.24, 2.45) is 57.5 Å². The molecule has 0 amide bonds. The van der Waals surface area contributed by atoms with E-state index < -0.39 is 0 Å². The fourth-order valence-corrected chi connectivity index (χ4v) is 6.00. The quantitative estimate of drug-likeness (QED) is 0.596. The van der Waals surface area contributed by atoms with E-state index in [1.165, 1.54) is 37.1 Å². The Labute approximate surface area is 95.2 Å². The zero-order valence-corrected chi connectivity index (χ0v) is 9.34. The summed E-state index contributed by atoms with van der Waals surface area (Å²) in [7, 11) is 0. The highest BCUT2D eigenvalue weighted by atomic mass is 15.2. The normalized spacial score (nSPS) is 71.0. The topological polar surface area (TPSA) is 24.7 Å². The maximum Gasteiger partial charge on any atom is 0.0473 e. The van der Waals surface area contributed by atoms with E-state index in [-0.39, 0.29) is 0 Å². The third kappa shape index (κ3) is 0.640. The number of nitrogens with zero attached hydrogens (tertiary/aromatic N) is 2. The molecular weight excluding hydrogens is 196 g/mol. The van der Waals surface area contributed by atoms with E-state index in [4.69, 9.17) is 10.2 Å². The molecule has 0 aromatic heterocycles. The summed E-state index contributed by atoms with van der Waals surface area (Å²) in [5, 5.41) is 9.42. The fraction of sp³-hybridized carbons (Fsp3) is 0.857. The molecule has 8 saturated carbocycles. The van der Waals surface area contributed by atoms with E-state index in [1.807, 2.05) is 0 Å². The first-order chi connectivity index (χ1) is 7.92. The third-order valence-corrected chi connectivity index (χ3v) is 6.69. The molecule has 0 radical (unpaired) electrons. The molecule has 0 aromatic carbocycles. The van der Waals surface area contributed by atoms with Crippen molar-refractivity contribution in [3.05, 3.63) is 0 Å².